The number of amides is 2. The minimum atomic E-state index is -3.75. The molecule has 0 aliphatic heterocycles. The van der Waals surface area contributed by atoms with Gasteiger partial charge < -0.3 is 21.9 Å². The summed E-state index contributed by atoms with van der Waals surface area (Å²) < 4.78 is 58.2. The fraction of sp³-hybridized carbons (Fsp3) is 0.354. The monoisotopic (exact) mass is 1040 g/mol. The number of nitrogens with one attached hydrogen (secondary N) is 2. The van der Waals surface area contributed by atoms with Crippen LogP contribution in [0.15, 0.2) is 108 Å². The van der Waals surface area contributed by atoms with Gasteiger partial charge in [-0.3, -0.25) is 24.4 Å². The number of hydrogen-bond donors (Lipinski definition) is 3. The van der Waals surface area contributed by atoms with E-state index in [0.29, 0.717) is 56.5 Å². The van der Waals surface area contributed by atoms with Crippen molar-refractivity contribution in [3.05, 3.63) is 142 Å². The second kappa shape index (κ2) is 28.6. The first kappa shape index (κ1) is 61.8. The van der Waals surface area contributed by atoms with Crippen LogP contribution in [0.5, 0.6) is 0 Å². The average molecular weight is 1040 g/mol. The summed E-state index contributed by atoms with van der Waals surface area (Å²) in [5.74, 6) is -1.80. The van der Waals surface area contributed by atoms with Crippen LogP contribution in [0.3, 0.4) is 0 Å². The van der Waals surface area contributed by atoms with Crippen molar-refractivity contribution in [1.82, 2.24) is 40.2 Å². The largest absolute Gasteiger partial charge is 1.00 e. The summed E-state index contributed by atoms with van der Waals surface area (Å²) in [6.45, 7) is 7.35. The number of pyridine rings is 2. The van der Waals surface area contributed by atoms with Crippen LogP contribution in [0.25, 0.3) is 11.4 Å². The van der Waals surface area contributed by atoms with Crippen molar-refractivity contribution in [2.24, 2.45) is 0 Å². The van der Waals surface area contributed by atoms with Gasteiger partial charge in [-0.05, 0) is 105 Å². The molecule has 2 unspecified atom stereocenters. The fourth-order valence-electron chi connectivity index (χ4n) is 7.05. The molecule has 0 aliphatic rings. The molecule has 0 aliphatic carbocycles. The number of ether oxygens (including phenoxy) is 1. The third kappa shape index (κ3) is 16.6. The summed E-state index contributed by atoms with van der Waals surface area (Å²) in [5, 5.41) is 24.8. The number of nitrogens with zero attached hydrogens (tertiary/aromatic N) is 6. The van der Waals surface area contributed by atoms with E-state index in [-0.39, 0.29) is 82.9 Å². The Bertz CT molecular complexity index is 2930. The predicted octanol–water partition coefficient (Wildman–Crippen LogP) is 4.87. The van der Waals surface area contributed by atoms with Crippen LogP contribution >= 0.6 is 23.2 Å². The van der Waals surface area contributed by atoms with Gasteiger partial charge in [0.15, 0.2) is 19.7 Å². The van der Waals surface area contributed by atoms with E-state index in [2.05, 4.69) is 35.5 Å². The molecule has 0 spiro atoms. The maximum absolute atomic E-state index is 13.1. The second-order valence-electron chi connectivity index (χ2n) is 15.6. The van der Waals surface area contributed by atoms with Crippen LogP contribution in [0.2, 0.25) is 10.0 Å². The van der Waals surface area contributed by atoms with E-state index in [0.717, 1.165) is 24.2 Å². The summed E-state index contributed by atoms with van der Waals surface area (Å²) in [4.78, 5) is 45.8. The number of esters is 1. The van der Waals surface area contributed by atoms with Crippen LogP contribution in [-0.2, 0) is 29.2 Å². The van der Waals surface area contributed by atoms with Gasteiger partial charge in [-0.2, -0.15) is 10.2 Å². The molecule has 23 heteroatoms. The Morgan fingerprint density at radius 1 is 0.690 bits per heavy atom. The number of aliphatic hydroxyl groups excluding tert-OH is 1. The molecule has 3 N–H and O–H groups in total. The quantitative estimate of drug-likeness (QED) is 0.0685. The van der Waals surface area contributed by atoms with Crippen molar-refractivity contribution in [2.75, 3.05) is 25.2 Å². The Hall–Kier alpha value is -5.33. The van der Waals surface area contributed by atoms with Gasteiger partial charge in [-0.15, -0.1) is 0 Å². The van der Waals surface area contributed by atoms with E-state index >= 15 is 0 Å². The van der Waals surface area contributed by atoms with Gasteiger partial charge >= 0.3 is 24.8 Å². The van der Waals surface area contributed by atoms with E-state index in [1.54, 1.807) is 59.7 Å². The molecular weight excluding hydrogens is 985 g/mol. The van der Waals surface area contributed by atoms with Crippen LogP contribution < -0.4 is 29.5 Å². The summed E-state index contributed by atoms with van der Waals surface area (Å²) in [6, 6.07) is 16.4. The Balaban J connectivity index is 0.000000683. The number of carbonyl (C=O) groups is 3. The number of aromatic nitrogens is 6. The standard InChI is InChI=1S/C24H27ClN4O5S.C23H27ClN4O4S.CH4.B.Li.H/c1-4-5-22(17-12-20(14-26-13-17)35(32,33)11-10-23(30)34-3)28-24(31)21-15-27-29(16(21)2)19-8-6-18(25)7-9-19;1-3-5-22(17-12-20(14-25-13-17)33(31,32)11-4-10-29)27-23(30)21-15-26-28(16(21)2)19-8-6-18(24)7-9-19;;;;/h6-9,12-15,22H,4-5,10-11H2,1-3H3,(H,28,31);6-9,12-15,22,29H,3-5,10-11H2,1-2H3,(H,27,30);1H4;;;/q;;;;+1;-1. The molecule has 4 heterocycles. The number of aliphatic hydroxyl groups is 1. The van der Waals surface area contributed by atoms with Crippen LogP contribution in [0, 0.1) is 13.8 Å². The molecule has 2 atom stereocenters. The topological polar surface area (TPSA) is 234 Å². The number of halogens is 2. The maximum atomic E-state index is 13.1. The molecule has 375 valence electrons. The summed E-state index contributed by atoms with van der Waals surface area (Å²) in [6.07, 6.45) is 11.2. The first-order chi connectivity index (χ1) is 32.4. The molecule has 0 fully saturated rings. The SMILES string of the molecule is C.CCCC(NC(=O)c1cnn(-c2ccc(Cl)cc2)c1C)c1cncc(S(=O)(=O)CCC(=O)OC)c1.CCCC(NC(=O)c1cnn(-c2ccc(Cl)cc2)c1C)c1cncc(S(=O)(=O)CCCO)c1.[B].[H-].[Li+]. The Morgan fingerprint density at radius 2 is 1.08 bits per heavy atom. The number of carbonyl (C=O) groups excluding carboxylic acids is 3. The molecule has 2 aromatic carbocycles. The minimum Gasteiger partial charge on any atom is -1.00 e. The summed E-state index contributed by atoms with van der Waals surface area (Å²) in [5.41, 5.74) is 4.86. The maximum Gasteiger partial charge on any atom is 1.00 e. The molecular formula is C48H59BCl2LiN8O9S2. The third-order valence-electron chi connectivity index (χ3n) is 10.8. The van der Waals surface area contributed by atoms with Crippen molar-refractivity contribution in [1.29, 1.82) is 0 Å². The van der Waals surface area contributed by atoms with Crippen LogP contribution in [0.1, 0.15) is 117 Å². The van der Waals surface area contributed by atoms with Gasteiger partial charge in [0.05, 0.1) is 93.2 Å². The smallest absolute Gasteiger partial charge is 1.00 e. The van der Waals surface area contributed by atoms with Crippen LogP contribution in [-0.4, -0.2) is 103 Å². The molecule has 2 amide bonds. The molecule has 3 radical (unpaired) electrons. The van der Waals surface area contributed by atoms with Crippen molar-refractivity contribution >= 4 is 69.1 Å². The Kier molecular flexibility index (Phi) is 24.9. The zero-order chi connectivity index (χ0) is 49.6. The molecule has 6 rings (SSSR count). The number of hydrogen-bond acceptors (Lipinski definition) is 13. The molecule has 0 saturated carbocycles. The van der Waals surface area contributed by atoms with E-state index < -0.39 is 43.5 Å². The molecule has 17 nitrogen and oxygen atoms in total. The van der Waals surface area contributed by atoms with Crippen molar-refractivity contribution in [3.8, 4) is 11.4 Å². The van der Waals surface area contributed by atoms with E-state index in [9.17, 15) is 31.2 Å². The summed E-state index contributed by atoms with van der Waals surface area (Å²) in [7, 11) is -6.12. The van der Waals surface area contributed by atoms with Gasteiger partial charge in [0.2, 0.25) is 0 Å². The van der Waals surface area contributed by atoms with E-state index in [1.165, 1.54) is 44.2 Å². The van der Waals surface area contributed by atoms with Gasteiger partial charge in [0, 0.05) is 49.9 Å². The van der Waals surface area contributed by atoms with Crippen molar-refractivity contribution in [3.63, 3.8) is 0 Å². The Labute approximate surface area is 441 Å². The molecule has 71 heavy (non-hydrogen) atoms. The summed E-state index contributed by atoms with van der Waals surface area (Å²) >= 11 is 11.9. The van der Waals surface area contributed by atoms with Crippen molar-refractivity contribution < 1.29 is 61.3 Å². The normalized spacial score (nSPS) is 11.8. The number of rotatable bonds is 20. The van der Waals surface area contributed by atoms with Gasteiger partial charge in [-0.25, -0.2) is 26.2 Å². The number of sulfone groups is 2. The first-order valence-electron chi connectivity index (χ1n) is 21.7. The number of methoxy groups -OCH3 is 1. The molecule has 6 aromatic rings. The molecule has 4 aromatic heterocycles. The van der Waals surface area contributed by atoms with Crippen LogP contribution in [0.4, 0.5) is 0 Å². The molecule has 0 saturated heterocycles. The zero-order valence-corrected chi connectivity index (χ0v) is 42.9. The van der Waals surface area contributed by atoms with Gasteiger partial charge in [0.25, 0.3) is 11.8 Å². The van der Waals surface area contributed by atoms with E-state index in [4.69, 9.17) is 28.3 Å². The van der Waals surface area contributed by atoms with Crippen molar-refractivity contribution in [2.45, 2.75) is 95.5 Å². The fourth-order valence-corrected chi connectivity index (χ4v) is 9.79. The van der Waals surface area contributed by atoms with E-state index in [1.807, 2.05) is 38.1 Å². The van der Waals surface area contributed by atoms with Gasteiger partial charge in [0.1, 0.15) is 0 Å². The minimum absolute atomic E-state index is 0. The van der Waals surface area contributed by atoms with Gasteiger partial charge in [-0.1, -0.05) is 57.3 Å². The number of benzene rings is 2. The molecule has 0 bridgehead atoms. The predicted molar refractivity (Wildman–Crippen MR) is 271 cm³/mol. The average Bonchev–Trinajstić information content (AvgIpc) is 3.92. The Morgan fingerprint density at radius 3 is 1.45 bits per heavy atom. The first-order valence-corrected chi connectivity index (χ1v) is 25.7. The second-order valence-corrected chi connectivity index (χ2v) is 20.7. The zero-order valence-electron chi connectivity index (χ0n) is 40.8. The third-order valence-corrected chi connectivity index (χ3v) is 14.7.